The number of hydrogen-bond acceptors (Lipinski definition) is 4. The van der Waals surface area contributed by atoms with E-state index in [0.717, 1.165) is 32.5 Å². The molecular weight excluding hydrogens is 294 g/mol. The predicted molar refractivity (Wildman–Crippen MR) is 92.2 cm³/mol. The number of rotatable bonds is 8. The van der Waals surface area contributed by atoms with Gasteiger partial charge in [-0.2, -0.15) is 0 Å². The molecule has 2 rings (SSSR count). The van der Waals surface area contributed by atoms with Crippen LogP contribution >= 0.6 is 11.8 Å². The van der Waals surface area contributed by atoms with Gasteiger partial charge in [-0.05, 0) is 70.1 Å². The third kappa shape index (κ3) is 6.01. The minimum Gasteiger partial charge on any atom is -0.466 e. The van der Waals surface area contributed by atoms with Crippen LogP contribution in [0.2, 0.25) is 0 Å². The van der Waals surface area contributed by atoms with Crippen LogP contribution in [0.4, 0.5) is 0 Å². The molecule has 1 aromatic carbocycles. The number of carbonyl (C=O) groups is 1. The van der Waals surface area contributed by atoms with Crippen molar-refractivity contribution in [3.63, 3.8) is 0 Å². The Labute approximate surface area is 138 Å². The number of esters is 1. The van der Waals surface area contributed by atoms with E-state index < -0.39 is 0 Å². The first-order chi connectivity index (χ1) is 10.8. The minimum absolute atomic E-state index is 0.00131. The highest BCUT2D eigenvalue weighted by atomic mass is 32.2. The lowest BCUT2D eigenvalue weighted by Crippen LogP contribution is -2.37. The second-order valence-corrected chi connectivity index (χ2v) is 6.90. The van der Waals surface area contributed by atoms with E-state index in [9.17, 15) is 4.79 Å². The van der Waals surface area contributed by atoms with Crippen LogP contribution < -0.4 is 0 Å². The molecule has 0 spiro atoms. The fraction of sp³-hybridized carbons (Fsp3) is 0.611. The van der Waals surface area contributed by atoms with E-state index in [-0.39, 0.29) is 11.9 Å². The number of carbonyl (C=O) groups excluding carboxylic acids is 1. The zero-order chi connectivity index (χ0) is 15.6. The Balaban J connectivity index is 1.53. The first-order valence-electron chi connectivity index (χ1n) is 8.36. The summed E-state index contributed by atoms with van der Waals surface area (Å²) in [6.45, 7) is 5.61. The van der Waals surface area contributed by atoms with Crippen LogP contribution in [-0.4, -0.2) is 42.9 Å². The number of ether oxygens (including phenoxy) is 1. The molecule has 1 aliphatic rings. The molecule has 0 bridgehead atoms. The van der Waals surface area contributed by atoms with Crippen molar-refractivity contribution in [3.8, 4) is 0 Å². The van der Waals surface area contributed by atoms with Gasteiger partial charge < -0.3 is 9.64 Å². The summed E-state index contributed by atoms with van der Waals surface area (Å²) in [4.78, 5) is 15.5. The van der Waals surface area contributed by atoms with Crippen LogP contribution in [0.25, 0.3) is 0 Å². The van der Waals surface area contributed by atoms with Gasteiger partial charge in [0.1, 0.15) is 0 Å². The average molecular weight is 321 g/mol. The monoisotopic (exact) mass is 321 g/mol. The molecule has 0 radical (unpaired) electrons. The molecule has 0 unspecified atom stereocenters. The Morgan fingerprint density at radius 3 is 2.64 bits per heavy atom. The summed E-state index contributed by atoms with van der Waals surface area (Å²) in [5.74, 6) is 1.31. The van der Waals surface area contributed by atoms with Gasteiger partial charge in [0.25, 0.3) is 0 Å². The minimum atomic E-state index is 0.00131. The van der Waals surface area contributed by atoms with Crippen LogP contribution in [0, 0.1) is 5.92 Å². The van der Waals surface area contributed by atoms with Crippen molar-refractivity contribution in [2.45, 2.75) is 37.5 Å². The highest BCUT2D eigenvalue weighted by Crippen LogP contribution is 2.20. The number of thioether (sulfide) groups is 1. The Kier molecular flexibility index (Phi) is 7.81. The molecule has 3 nitrogen and oxygen atoms in total. The van der Waals surface area contributed by atoms with E-state index in [1.165, 1.54) is 23.5 Å². The van der Waals surface area contributed by atoms with Crippen molar-refractivity contribution >= 4 is 17.7 Å². The largest absolute Gasteiger partial charge is 0.466 e. The van der Waals surface area contributed by atoms with E-state index in [0.29, 0.717) is 6.61 Å². The Hall–Kier alpha value is -1.00. The van der Waals surface area contributed by atoms with Gasteiger partial charge in [0.2, 0.25) is 0 Å². The zero-order valence-corrected chi connectivity index (χ0v) is 14.3. The molecule has 0 N–H and O–H groups in total. The molecule has 0 atom stereocenters. The maximum absolute atomic E-state index is 11.7. The molecule has 1 aromatic rings. The fourth-order valence-electron chi connectivity index (χ4n) is 2.80. The molecule has 0 aliphatic carbocycles. The van der Waals surface area contributed by atoms with E-state index in [1.54, 1.807) is 0 Å². The molecule has 22 heavy (non-hydrogen) atoms. The van der Waals surface area contributed by atoms with E-state index in [2.05, 4.69) is 35.2 Å². The highest BCUT2D eigenvalue weighted by molar-refractivity contribution is 7.99. The van der Waals surface area contributed by atoms with Gasteiger partial charge in [-0.1, -0.05) is 18.2 Å². The molecule has 1 aliphatic heterocycles. The number of nitrogens with zero attached hydrogens (tertiary/aromatic N) is 1. The summed E-state index contributed by atoms with van der Waals surface area (Å²) >= 11 is 1.94. The molecule has 0 aromatic heterocycles. The van der Waals surface area contributed by atoms with Crippen LogP contribution in [0.5, 0.6) is 0 Å². The Morgan fingerprint density at radius 1 is 1.23 bits per heavy atom. The number of benzene rings is 1. The average Bonchev–Trinajstić information content (AvgIpc) is 2.56. The van der Waals surface area contributed by atoms with Gasteiger partial charge in [0.15, 0.2) is 0 Å². The second kappa shape index (κ2) is 9.90. The van der Waals surface area contributed by atoms with E-state index in [1.807, 2.05) is 18.7 Å². The molecule has 122 valence electrons. The molecule has 1 fully saturated rings. The van der Waals surface area contributed by atoms with Gasteiger partial charge >= 0.3 is 5.97 Å². The summed E-state index contributed by atoms with van der Waals surface area (Å²) in [6, 6.07) is 10.6. The summed E-state index contributed by atoms with van der Waals surface area (Å²) in [5.41, 5.74) is 0. The Morgan fingerprint density at radius 2 is 1.95 bits per heavy atom. The van der Waals surface area contributed by atoms with Crippen LogP contribution in [0.3, 0.4) is 0 Å². The lowest BCUT2D eigenvalue weighted by molar-refractivity contribution is -0.149. The zero-order valence-electron chi connectivity index (χ0n) is 13.5. The molecule has 0 saturated carbocycles. The van der Waals surface area contributed by atoms with E-state index in [4.69, 9.17) is 4.74 Å². The number of likely N-dealkylation sites (tertiary alicyclic amines) is 1. The van der Waals surface area contributed by atoms with Gasteiger partial charge in [-0.25, -0.2) is 0 Å². The predicted octanol–water partition coefficient (Wildman–Crippen LogP) is 3.83. The molecule has 0 amide bonds. The fourth-order valence-corrected chi connectivity index (χ4v) is 3.73. The molecular formula is C18H27NO2S. The lowest BCUT2D eigenvalue weighted by Gasteiger charge is -2.30. The highest BCUT2D eigenvalue weighted by Gasteiger charge is 2.25. The van der Waals surface area contributed by atoms with Gasteiger partial charge in [-0.3, -0.25) is 4.79 Å². The molecule has 4 heteroatoms. The van der Waals surface area contributed by atoms with Gasteiger partial charge in [0, 0.05) is 4.90 Å². The number of piperidine rings is 1. The summed E-state index contributed by atoms with van der Waals surface area (Å²) in [7, 11) is 0. The van der Waals surface area contributed by atoms with Crippen molar-refractivity contribution in [3.05, 3.63) is 30.3 Å². The van der Waals surface area contributed by atoms with E-state index >= 15 is 0 Å². The number of unbranched alkanes of at least 4 members (excludes halogenated alkanes) is 1. The first kappa shape index (κ1) is 17.4. The quantitative estimate of drug-likeness (QED) is 0.413. The maximum atomic E-state index is 11.7. The smallest absolute Gasteiger partial charge is 0.309 e. The SMILES string of the molecule is CCOC(=O)C1CCN(CCCCSc2ccccc2)CC1. The van der Waals surface area contributed by atoms with Crippen LogP contribution in [0.15, 0.2) is 35.2 Å². The first-order valence-corrected chi connectivity index (χ1v) is 9.35. The normalized spacial score (nSPS) is 16.6. The molecule has 1 saturated heterocycles. The summed E-state index contributed by atoms with van der Waals surface area (Å²) < 4.78 is 5.11. The van der Waals surface area contributed by atoms with Crippen LogP contribution in [0.1, 0.15) is 32.6 Å². The standard InChI is InChI=1S/C18H27NO2S/c1-2-21-18(20)16-10-13-19(14-11-16)12-6-7-15-22-17-8-4-3-5-9-17/h3-5,8-9,16H,2,6-7,10-15H2,1H3. The Bertz CT molecular complexity index is 430. The lowest BCUT2D eigenvalue weighted by atomic mass is 9.97. The van der Waals surface area contributed by atoms with Gasteiger partial charge in [-0.15, -0.1) is 11.8 Å². The number of hydrogen-bond donors (Lipinski definition) is 0. The van der Waals surface area contributed by atoms with Crippen molar-refractivity contribution in [1.82, 2.24) is 4.90 Å². The van der Waals surface area contributed by atoms with Crippen molar-refractivity contribution < 1.29 is 9.53 Å². The molecule has 1 heterocycles. The second-order valence-electron chi connectivity index (χ2n) is 5.74. The van der Waals surface area contributed by atoms with Crippen molar-refractivity contribution in [2.24, 2.45) is 5.92 Å². The van der Waals surface area contributed by atoms with Crippen LogP contribution in [-0.2, 0) is 9.53 Å². The maximum Gasteiger partial charge on any atom is 0.309 e. The third-order valence-corrected chi connectivity index (χ3v) is 5.19. The van der Waals surface area contributed by atoms with Gasteiger partial charge in [0.05, 0.1) is 12.5 Å². The van der Waals surface area contributed by atoms with Crippen molar-refractivity contribution in [1.29, 1.82) is 0 Å². The summed E-state index contributed by atoms with van der Waals surface area (Å²) in [5, 5.41) is 0. The van der Waals surface area contributed by atoms with Crippen molar-refractivity contribution in [2.75, 3.05) is 32.0 Å². The topological polar surface area (TPSA) is 29.5 Å². The third-order valence-electron chi connectivity index (χ3n) is 4.09. The summed E-state index contributed by atoms with van der Waals surface area (Å²) in [6.07, 6.45) is 4.40.